The molecule has 3 N–H and O–H groups in total. The number of nitrogens with zero attached hydrogens (tertiary/aromatic N) is 2. The topological polar surface area (TPSA) is 96.2 Å². The summed E-state index contributed by atoms with van der Waals surface area (Å²) in [5, 5.41) is 16.2. The van der Waals surface area contributed by atoms with Crippen molar-refractivity contribution in [3.05, 3.63) is 76.4 Å². The highest BCUT2D eigenvalue weighted by Gasteiger charge is 2.30. The van der Waals surface area contributed by atoms with Gasteiger partial charge < -0.3 is 15.7 Å². The Morgan fingerprint density at radius 1 is 1.27 bits per heavy atom. The van der Waals surface area contributed by atoms with Gasteiger partial charge in [-0.1, -0.05) is 44.2 Å². The number of anilines is 1. The first-order valence-corrected chi connectivity index (χ1v) is 11.6. The van der Waals surface area contributed by atoms with Gasteiger partial charge in [-0.05, 0) is 49.3 Å². The number of aryl methyl sites for hydroxylation is 1. The summed E-state index contributed by atoms with van der Waals surface area (Å²) in [5.74, 6) is 0.395. The number of amides is 1. The smallest absolute Gasteiger partial charge is 0.297 e. The summed E-state index contributed by atoms with van der Waals surface area (Å²) >= 11 is 0. The van der Waals surface area contributed by atoms with Crippen molar-refractivity contribution in [2.24, 2.45) is 17.8 Å². The van der Waals surface area contributed by atoms with Crippen molar-refractivity contribution in [1.29, 1.82) is 0 Å². The van der Waals surface area contributed by atoms with Crippen molar-refractivity contribution in [1.82, 2.24) is 14.9 Å². The van der Waals surface area contributed by atoms with Crippen LogP contribution < -0.4 is 16.2 Å². The standard InChI is InChI=1S/C26H32N4O3/c1-16-6-4-5-7-21(16)23(18(3)15-31)29-24-26(33)30(13-12-27-24)22-14-19(9-8-17(22)2)25(32)28-20-10-11-20/h4-9,12-14,16,18,20-21,23,31H,10-11,15H2,1-3H3,(H,27,29)(H,28,32)/t16?,18-,21?,23+/m0/s1. The second-order valence-electron chi connectivity index (χ2n) is 9.24. The number of rotatable bonds is 8. The molecule has 0 aliphatic heterocycles. The number of nitrogens with one attached hydrogen (secondary N) is 2. The Labute approximate surface area is 194 Å². The predicted octanol–water partition coefficient (Wildman–Crippen LogP) is 3.22. The zero-order valence-electron chi connectivity index (χ0n) is 19.4. The molecule has 2 aromatic rings. The maximum Gasteiger partial charge on any atom is 0.297 e. The average Bonchev–Trinajstić information content (AvgIpc) is 3.63. The highest BCUT2D eigenvalue weighted by atomic mass is 16.3. The molecule has 174 valence electrons. The molecule has 7 heteroatoms. The SMILES string of the molecule is Cc1ccc(C(=O)NC2CC2)cc1-n1ccnc(N[C@@H](C2C=CC=CC2C)[C@@H](C)CO)c1=O. The lowest BCUT2D eigenvalue weighted by molar-refractivity contribution is 0.0951. The molecule has 1 fully saturated rings. The third-order valence-electron chi connectivity index (χ3n) is 6.57. The van der Waals surface area contributed by atoms with Crippen molar-refractivity contribution in [2.75, 3.05) is 11.9 Å². The van der Waals surface area contributed by atoms with Crippen LogP contribution in [0.3, 0.4) is 0 Å². The minimum Gasteiger partial charge on any atom is -0.396 e. The van der Waals surface area contributed by atoms with E-state index in [-0.39, 0.29) is 53.7 Å². The molecule has 1 aromatic carbocycles. The van der Waals surface area contributed by atoms with E-state index in [9.17, 15) is 14.7 Å². The molecule has 0 radical (unpaired) electrons. The summed E-state index contributed by atoms with van der Waals surface area (Å²) < 4.78 is 1.53. The Hall–Kier alpha value is -3.19. The third-order valence-corrected chi connectivity index (χ3v) is 6.57. The molecule has 1 amide bonds. The highest BCUT2D eigenvalue weighted by molar-refractivity contribution is 5.95. The summed E-state index contributed by atoms with van der Waals surface area (Å²) in [6, 6.07) is 5.49. The third kappa shape index (κ3) is 5.09. The lowest BCUT2D eigenvalue weighted by Crippen LogP contribution is -2.41. The molecule has 0 bridgehead atoms. The van der Waals surface area contributed by atoms with Gasteiger partial charge >= 0.3 is 0 Å². The van der Waals surface area contributed by atoms with E-state index < -0.39 is 0 Å². The van der Waals surface area contributed by atoms with Crippen LogP contribution in [0.4, 0.5) is 5.82 Å². The molecule has 4 atom stereocenters. The van der Waals surface area contributed by atoms with Gasteiger partial charge in [-0.2, -0.15) is 0 Å². The number of hydrogen-bond donors (Lipinski definition) is 3. The number of aliphatic hydroxyl groups is 1. The van der Waals surface area contributed by atoms with Crippen molar-refractivity contribution in [3.8, 4) is 5.69 Å². The Bertz CT molecular complexity index is 1130. The zero-order chi connectivity index (χ0) is 23.5. The second kappa shape index (κ2) is 9.75. The first-order chi connectivity index (χ1) is 15.9. The quantitative estimate of drug-likeness (QED) is 0.576. The maximum atomic E-state index is 13.4. The summed E-state index contributed by atoms with van der Waals surface area (Å²) in [4.78, 5) is 30.3. The van der Waals surface area contributed by atoms with Crippen LogP contribution in [-0.4, -0.2) is 39.3 Å². The number of aromatic nitrogens is 2. The predicted molar refractivity (Wildman–Crippen MR) is 130 cm³/mol. The summed E-state index contributed by atoms with van der Waals surface area (Å²) in [6.45, 7) is 6.00. The largest absolute Gasteiger partial charge is 0.396 e. The lowest BCUT2D eigenvalue weighted by Gasteiger charge is -2.34. The van der Waals surface area contributed by atoms with Crippen LogP contribution in [0.25, 0.3) is 5.69 Å². The number of allylic oxidation sites excluding steroid dienone is 3. The van der Waals surface area contributed by atoms with Crippen molar-refractivity contribution in [3.63, 3.8) is 0 Å². The molecular weight excluding hydrogens is 416 g/mol. The molecule has 2 aliphatic rings. The number of carbonyl (C=O) groups excluding carboxylic acids is 1. The van der Waals surface area contributed by atoms with Gasteiger partial charge in [-0.15, -0.1) is 0 Å². The summed E-state index contributed by atoms with van der Waals surface area (Å²) in [7, 11) is 0. The molecule has 0 saturated heterocycles. The summed E-state index contributed by atoms with van der Waals surface area (Å²) in [6.07, 6.45) is 13.5. The van der Waals surface area contributed by atoms with Gasteiger partial charge in [0.25, 0.3) is 11.5 Å². The van der Waals surface area contributed by atoms with E-state index in [2.05, 4.69) is 34.7 Å². The van der Waals surface area contributed by atoms with Crippen molar-refractivity contribution >= 4 is 11.7 Å². The van der Waals surface area contributed by atoms with Crippen LogP contribution in [0.1, 0.15) is 42.6 Å². The van der Waals surface area contributed by atoms with E-state index in [4.69, 9.17) is 0 Å². The van der Waals surface area contributed by atoms with Crippen LogP contribution in [0.15, 0.2) is 59.7 Å². The minimum absolute atomic E-state index is 0.00325. The Kier molecular flexibility index (Phi) is 6.79. The molecule has 0 spiro atoms. The number of carbonyl (C=O) groups is 1. The molecule has 1 aromatic heterocycles. The molecular formula is C26H32N4O3. The van der Waals surface area contributed by atoms with Crippen molar-refractivity contribution < 1.29 is 9.90 Å². The van der Waals surface area contributed by atoms with Gasteiger partial charge in [0, 0.05) is 42.6 Å². The fourth-order valence-electron chi connectivity index (χ4n) is 4.28. The van der Waals surface area contributed by atoms with Crippen LogP contribution in [0.2, 0.25) is 0 Å². The Morgan fingerprint density at radius 2 is 2.03 bits per heavy atom. The van der Waals surface area contributed by atoms with Gasteiger partial charge in [-0.3, -0.25) is 14.2 Å². The average molecular weight is 449 g/mol. The summed E-state index contributed by atoms with van der Waals surface area (Å²) in [5.41, 5.74) is 1.76. The van der Waals surface area contributed by atoms with E-state index in [0.717, 1.165) is 18.4 Å². The first-order valence-electron chi connectivity index (χ1n) is 11.6. The van der Waals surface area contributed by atoms with Gasteiger partial charge in [0.2, 0.25) is 0 Å². The Morgan fingerprint density at radius 3 is 2.73 bits per heavy atom. The maximum absolute atomic E-state index is 13.4. The van der Waals surface area contributed by atoms with Gasteiger partial charge in [0.05, 0.1) is 5.69 Å². The molecule has 1 heterocycles. The van der Waals surface area contributed by atoms with Gasteiger partial charge in [0.15, 0.2) is 5.82 Å². The van der Waals surface area contributed by atoms with E-state index in [1.165, 1.54) is 4.57 Å². The molecule has 1 saturated carbocycles. The molecule has 2 unspecified atom stereocenters. The van der Waals surface area contributed by atoms with E-state index in [0.29, 0.717) is 11.3 Å². The van der Waals surface area contributed by atoms with Crippen LogP contribution in [0, 0.1) is 24.7 Å². The lowest BCUT2D eigenvalue weighted by atomic mass is 9.79. The van der Waals surface area contributed by atoms with E-state index >= 15 is 0 Å². The zero-order valence-corrected chi connectivity index (χ0v) is 19.4. The first kappa shape index (κ1) is 23.0. The monoisotopic (exact) mass is 448 g/mol. The Balaban J connectivity index is 1.66. The normalized spacial score (nSPS) is 21.5. The van der Waals surface area contributed by atoms with E-state index in [1.807, 2.05) is 32.1 Å². The van der Waals surface area contributed by atoms with E-state index in [1.54, 1.807) is 24.5 Å². The molecule has 4 rings (SSSR count). The second-order valence-corrected chi connectivity index (χ2v) is 9.24. The van der Waals surface area contributed by atoms with Gasteiger partial charge in [0.1, 0.15) is 0 Å². The van der Waals surface area contributed by atoms with Crippen LogP contribution in [0.5, 0.6) is 0 Å². The molecule has 2 aliphatic carbocycles. The minimum atomic E-state index is -0.293. The molecule has 7 nitrogen and oxygen atoms in total. The van der Waals surface area contributed by atoms with Crippen LogP contribution >= 0.6 is 0 Å². The molecule has 33 heavy (non-hydrogen) atoms. The number of aliphatic hydroxyl groups excluding tert-OH is 1. The highest BCUT2D eigenvalue weighted by Crippen LogP contribution is 2.28. The number of hydrogen-bond acceptors (Lipinski definition) is 5. The number of benzene rings is 1. The van der Waals surface area contributed by atoms with Gasteiger partial charge in [-0.25, -0.2) is 4.98 Å². The van der Waals surface area contributed by atoms with Crippen LogP contribution in [-0.2, 0) is 0 Å². The van der Waals surface area contributed by atoms with Crippen molar-refractivity contribution in [2.45, 2.75) is 45.7 Å². The fraction of sp³-hybridized carbons (Fsp3) is 0.423. The fourth-order valence-corrected chi connectivity index (χ4v) is 4.28.